The van der Waals surface area contributed by atoms with E-state index >= 15 is 0 Å². The monoisotopic (exact) mass is 372 g/mol. The Bertz CT molecular complexity index is 521. The molecule has 1 rings (SSSR count). The number of rotatable bonds is 3. The van der Waals surface area contributed by atoms with Crippen molar-refractivity contribution >= 4 is 18.2 Å². The zero-order valence-corrected chi connectivity index (χ0v) is 16.9. The Morgan fingerprint density at radius 1 is 1.04 bits per heavy atom. The molecule has 1 N–H and O–H groups in total. The molecule has 8 nitrogen and oxygen atoms in total. The van der Waals surface area contributed by atoms with Gasteiger partial charge in [0.1, 0.15) is 11.2 Å². The minimum absolute atomic E-state index is 0.202. The zero-order chi connectivity index (χ0) is 20.1. The molecule has 1 aliphatic heterocycles. The van der Waals surface area contributed by atoms with Crippen LogP contribution in [0, 0.1) is 11.8 Å². The van der Waals surface area contributed by atoms with Crippen LogP contribution >= 0.6 is 0 Å². The Morgan fingerprint density at radius 3 is 2.12 bits per heavy atom. The molecule has 1 heterocycles. The van der Waals surface area contributed by atoms with Gasteiger partial charge in [0.05, 0.1) is 13.0 Å². The van der Waals surface area contributed by atoms with E-state index in [2.05, 4.69) is 5.32 Å². The molecule has 0 saturated carbocycles. The molecule has 1 saturated heterocycles. The van der Waals surface area contributed by atoms with Crippen molar-refractivity contribution in [3.63, 3.8) is 0 Å². The summed E-state index contributed by atoms with van der Waals surface area (Å²) >= 11 is 0. The van der Waals surface area contributed by atoms with E-state index in [1.807, 2.05) is 0 Å². The fourth-order valence-corrected chi connectivity index (χ4v) is 2.72. The van der Waals surface area contributed by atoms with Gasteiger partial charge in [-0.05, 0) is 48.0 Å². The lowest BCUT2D eigenvalue weighted by Gasteiger charge is -2.37. The summed E-state index contributed by atoms with van der Waals surface area (Å²) in [6.45, 7) is 11.6. The molecular weight excluding hydrogens is 340 g/mol. The Morgan fingerprint density at radius 2 is 1.62 bits per heavy atom. The normalized spacial score (nSPS) is 21.0. The van der Waals surface area contributed by atoms with E-state index in [0.717, 1.165) is 0 Å². The molecule has 2 amide bonds. The van der Waals surface area contributed by atoms with E-state index in [1.54, 1.807) is 46.4 Å². The Labute approximate surface area is 155 Å². The van der Waals surface area contributed by atoms with E-state index in [-0.39, 0.29) is 18.4 Å². The lowest BCUT2D eigenvalue weighted by molar-refractivity contribution is -0.149. The van der Waals surface area contributed by atoms with Crippen LogP contribution in [0.4, 0.5) is 9.59 Å². The summed E-state index contributed by atoms with van der Waals surface area (Å²) in [6.07, 6.45) is -0.536. The molecule has 2 atom stereocenters. The molecule has 1 aliphatic rings. The van der Waals surface area contributed by atoms with Crippen molar-refractivity contribution in [2.75, 3.05) is 26.7 Å². The van der Waals surface area contributed by atoms with Gasteiger partial charge in [0.25, 0.3) is 0 Å². The molecule has 0 spiro atoms. The Kier molecular flexibility index (Phi) is 7.29. The second-order valence-corrected chi connectivity index (χ2v) is 8.49. The van der Waals surface area contributed by atoms with E-state index < -0.39 is 29.3 Å². The van der Waals surface area contributed by atoms with E-state index in [1.165, 1.54) is 7.11 Å². The number of piperidine rings is 1. The molecule has 150 valence electrons. The predicted octanol–water partition coefficient (Wildman–Crippen LogP) is 2.56. The standard InChI is InChI=1S/C18H32N2O6/c1-17(2,3)25-15(22)19-10-12-11-20(16(23)26-18(4,5)6)9-8-13(12)14(21)24-7/h12-13H,8-11H2,1-7H3,(H,19,22). The minimum Gasteiger partial charge on any atom is -0.469 e. The average Bonchev–Trinajstić information content (AvgIpc) is 2.48. The first kappa shape index (κ1) is 22.1. The van der Waals surface area contributed by atoms with E-state index in [0.29, 0.717) is 19.5 Å². The van der Waals surface area contributed by atoms with Gasteiger partial charge in [-0.2, -0.15) is 0 Å². The summed E-state index contributed by atoms with van der Waals surface area (Å²) in [4.78, 5) is 37.8. The number of nitrogens with zero attached hydrogens (tertiary/aromatic N) is 1. The largest absolute Gasteiger partial charge is 0.469 e. The molecule has 0 radical (unpaired) electrons. The third kappa shape index (κ3) is 7.49. The summed E-state index contributed by atoms with van der Waals surface area (Å²) in [5, 5.41) is 2.68. The first-order valence-electron chi connectivity index (χ1n) is 8.85. The van der Waals surface area contributed by atoms with Crippen LogP contribution in [-0.2, 0) is 19.0 Å². The van der Waals surface area contributed by atoms with E-state index in [9.17, 15) is 14.4 Å². The summed E-state index contributed by atoms with van der Waals surface area (Å²) in [5.74, 6) is -1.02. The van der Waals surface area contributed by atoms with Gasteiger partial charge in [0.15, 0.2) is 0 Å². The number of esters is 1. The number of amides is 2. The quantitative estimate of drug-likeness (QED) is 0.604. The highest BCUT2D eigenvalue weighted by atomic mass is 16.6. The Balaban J connectivity index is 2.75. The molecule has 0 aromatic rings. The van der Waals surface area contributed by atoms with Crippen LogP contribution < -0.4 is 5.32 Å². The molecule has 0 bridgehead atoms. The molecule has 0 aromatic heterocycles. The maximum absolute atomic E-state index is 12.3. The number of carbonyl (C=O) groups excluding carboxylic acids is 3. The highest BCUT2D eigenvalue weighted by Gasteiger charge is 2.38. The van der Waals surface area contributed by atoms with Crippen LogP contribution in [0.1, 0.15) is 48.0 Å². The van der Waals surface area contributed by atoms with Gasteiger partial charge >= 0.3 is 18.2 Å². The highest BCUT2D eigenvalue weighted by molar-refractivity contribution is 5.74. The smallest absolute Gasteiger partial charge is 0.410 e. The highest BCUT2D eigenvalue weighted by Crippen LogP contribution is 2.26. The molecule has 26 heavy (non-hydrogen) atoms. The average molecular weight is 372 g/mol. The number of nitrogens with one attached hydrogen (secondary N) is 1. The number of likely N-dealkylation sites (tertiary alicyclic amines) is 1. The lowest BCUT2D eigenvalue weighted by Crippen LogP contribution is -2.51. The molecule has 0 aromatic carbocycles. The zero-order valence-electron chi connectivity index (χ0n) is 16.9. The molecular formula is C18H32N2O6. The summed E-state index contributed by atoms with van der Waals surface area (Å²) < 4.78 is 15.5. The van der Waals surface area contributed by atoms with Crippen LogP contribution in [0.3, 0.4) is 0 Å². The summed E-state index contributed by atoms with van der Waals surface area (Å²) in [5.41, 5.74) is -1.21. The fourth-order valence-electron chi connectivity index (χ4n) is 2.72. The van der Waals surface area contributed by atoms with Crippen LogP contribution in [-0.4, -0.2) is 61.0 Å². The second kappa shape index (κ2) is 8.60. The maximum Gasteiger partial charge on any atom is 0.410 e. The van der Waals surface area contributed by atoms with Gasteiger partial charge in [0, 0.05) is 25.6 Å². The van der Waals surface area contributed by atoms with Gasteiger partial charge in [-0.3, -0.25) is 4.79 Å². The number of alkyl carbamates (subject to hydrolysis) is 1. The lowest BCUT2D eigenvalue weighted by atomic mass is 9.85. The van der Waals surface area contributed by atoms with Crippen LogP contribution in [0.2, 0.25) is 0 Å². The van der Waals surface area contributed by atoms with Crippen LogP contribution in [0.5, 0.6) is 0 Å². The Hall–Kier alpha value is -1.99. The SMILES string of the molecule is COC(=O)C1CCN(C(=O)OC(C)(C)C)CC1CNC(=O)OC(C)(C)C. The van der Waals surface area contributed by atoms with Gasteiger partial charge < -0.3 is 24.4 Å². The second-order valence-electron chi connectivity index (χ2n) is 8.49. The van der Waals surface area contributed by atoms with Crippen molar-refractivity contribution < 1.29 is 28.6 Å². The van der Waals surface area contributed by atoms with Gasteiger partial charge in [0.2, 0.25) is 0 Å². The third-order valence-electron chi connectivity index (χ3n) is 3.80. The number of carbonyl (C=O) groups is 3. The topological polar surface area (TPSA) is 94.2 Å². The predicted molar refractivity (Wildman–Crippen MR) is 95.7 cm³/mol. The van der Waals surface area contributed by atoms with Crippen molar-refractivity contribution in [2.45, 2.75) is 59.2 Å². The first-order chi connectivity index (χ1) is 11.8. The van der Waals surface area contributed by atoms with Crippen molar-refractivity contribution in [3.8, 4) is 0 Å². The number of ether oxygens (including phenoxy) is 3. The summed E-state index contributed by atoms with van der Waals surface area (Å²) in [6, 6.07) is 0. The molecule has 1 fully saturated rings. The molecule has 2 unspecified atom stereocenters. The molecule has 8 heteroatoms. The van der Waals surface area contributed by atoms with Crippen LogP contribution in [0.15, 0.2) is 0 Å². The number of hydrogen-bond acceptors (Lipinski definition) is 6. The number of hydrogen-bond donors (Lipinski definition) is 1. The van der Waals surface area contributed by atoms with Crippen molar-refractivity contribution in [2.24, 2.45) is 11.8 Å². The fraction of sp³-hybridized carbons (Fsp3) is 0.833. The number of methoxy groups -OCH3 is 1. The van der Waals surface area contributed by atoms with Gasteiger partial charge in [-0.15, -0.1) is 0 Å². The molecule has 0 aliphatic carbocycles. The first-order valence-corrected chi connectivity index (χ1v) is 8.85. The van der Waals surface area contributed by atoms with E-state index in [4.69, 9.17) is 14.2 Å². The van der Waals surface area contributed by atoms with Crippen molar-refractivity contribution in [3.05, 3.63) is 0 Å². The summed E-state index contributed by atoms with van der Waals surface area (Å²) in [7, 11) is 1.33. The van der Waals surface area contributed by atoms with Crippen molar-refractivity contribution in [1.82, 2.24) is 10.2 Å². The minimum atomic E-state index is -0.610. The van der Waals surface area contributed by atoms with Crippen molar-refractivity contribution in [1.29, 1.82) is 0 Å². The van der Waals surface area contributed by atoms with Crippen LogP contribution in [0.25, 0.3) is 0 Å². The van der Waals surface area contributed by atoms with Gasteiger partial charge in [-0.1, -0.05) is 0 Å². The maximum atomic E-state index is 12.3. The third-order valence-corrected chi connectivity index (χ3v) is 3.80. The van der Waals surface area contributed by atoms with Gasteiger partial charge in [-0.25, -0.2) is 9.59 Å².